The van der Waals surface area contributed by atoms with Crippen LogP contribution in [0.5, 0.6) is 0 Å². The van der Waals surface area contributed by atoms with Gasteiger partial charge in [-0.1, -0.05) is 59.8 Å². The van der Waals surface area contributed by atoms with Crippen LogP contribution >= 0.6 is 11.8 Å². The first-order valence-electron chi connectivity index (χ1n) is 5.29. The maximum Gasteiger partial charge on any atom is 0.0116 e. The van der Waals surface area contributed by atoms with E-state index in [0.29, 0.717) is 0 Å². The minimum atomic E-state index is 1.24. The Hall–Kier alpha value is -1.47. The van der Waals surface area contributed by atoms with E-state index >= 15 is 0 Å². The maximum atomic E-state index is 2.14. The van der Waals surface area contributed by atoms with Crippen LogP contribution in [-0.4, -0.2) is 0 Å². The summed E-state index contributed by atoms with van der Waals surface area (Å²) in [6.07, 6.45) is 2.14. The molecule has 0 nitrogen and oxygen atoms in total. The van der Waals surface area contributed by atoms with Gasteiger partial charge in [0, 0.05) is 4.90 Å². The predicted molar refractivity (Wildman–Crippen MR) is 72.5 cm³/mol. The van der Waals surface area contributed by atoms with Gasteiger partial charge in [0.05, 0.1) is 0 Å². The molecule has 1 heteroatoms. The second kappa shape index (κ2) is 5.57. The summed E-state index contributed by atoms with van der Waals surface area (Å²) < 4.78 is 0. The lowest BCUT2D eigenvalue weighted by Crippen LogP contribution is -1.72. The van der Waals surface area contributed by atoms with Crippen LogP contribution in [0.4, 0.5) is 0 Å². The largest absolute Gasteiger partial charge is 0.0981 e. The van der Waals surface area contributed by atoms with Crippen LogP contribution < -0.4 is 0 Å². The summed E-state index contributed by atoms with van der Waals surface area (Å²) >= 11 is 1.74. The maximum absolute atomic E-state index is 2.14. The molecule has 0 radical (unpaired) electrons. The molecule has 0 saturated heterocycles. The molecule has 80 valence electrons. The normalized spacial score (nSPS) is 10.8. The molecule has 0 aliphatic heterocycles. The lowest BCUT2D eigenvalue weighted by molar-refractivity contribution is 1.46. The first-order chi connectivity index (χ1) is 7.84. The summed E-state index contributed by atoms with van der Waals surface area (Å²) in [5, 5.41) is 2.12. The molecular weight excluding hydrogens is 212 g/mol. The van der Waals surface area contributed by atoms with Gasteiger partial charge in [0.1, 0.15) is 0 Å². The molecule has 0 N–H and O–H groups in total. The van der Waals surface area contributed by atoms with E-state index in [9.17, 15) is 0 Å². The van der Waals surface area contributed by atoms with Crippen molar-refractivity contribution in [2.75, 3.05) is 0 Å². The highest BCUT2D eigenvalue weighted by molar-refractivity contribution is 8.02. The van der Waals surface area contributed by atoms with Gasteiger partial charge in [0.2, 0.25) is 0 Å². The molecule has 0 fully saturated rings. The monoisotopic (exact) mass is 226 g/mol. The van der Waals surface area contributed by atoms with Crippen LogP contribution in [0.2, 0.25) is 0 Å². The van der Waals surface area contributed by atoms with Crippen molar-refractivity contribution in [2.45, 2.75) is 11.8 Å². The van der Waals surface area contributed by atoms with E-state index in [2.05, 4.69) is 66.9 Å². The lowest BCUT2D eigenvalue weighted by atomic mass is 10.2. The van der Waals surface area contributed by atoms with Crippen molar-refractivity contribution >= 4 is 17.8 Å². The highest BCUT2D eigenvalue weighted by Gasteiger charge is 1.88. The van der Waals surface area contributed by atoms with Gasteiger partial charge >= 0.3 is 0 Å². The molecule has 2 aromatic carbocycles. The Morgan fingerprint density at radius 2 is 1.56 bits per heavy atom. The van der Waals surface area contributed by atoms with E-state index in [-0.39, 0.29) is 0 Å². The van der Waals surface area contributed by atoms with Crippen LogP contribution in [-0.2, 0) is 0 Å². The van der Waals surface area contributed by atoms with Crippen molar-refractivity contribution in [3.63, 3.8) is 0 Å². The summed E-state index contributed by atoms with van der Waals surface area (Å²) in [5.74, 6) is 0. The van der Waals surface area contributed by atoms with Gasteiger partial charge in [0.25, 0.3) is 0 Å². The summed E-state index contributed by atoms with van der Waals surface area (Å²) in [6.45, 7) is 2.10. The third-order valence-corrected chi connectivity index (χ3v) is 3.10. The van der Waals surface area contributed by atoms with Gasteiger partial charge in [-0.2, -0.15) is 0 Å². The molecule has 0 unspecified atom stereocenters. The van der Waals surface area contributed by atoms with Crippen molar-refractivity contribution < 1.29 is 0 Å². The van der Waals surface area contributed by atoms with Gasteiger partial charge < -0.3 is 0 Å². The standard InChI is InChI=1S/C15H14S/c1-13-7-9-14(10-8-13)11-12-16-15-5-3-2-4-6-15/h2-12H,1H3/b12-11-. The van der Waals surface area contributed by atoms with Crippen LogP contribution in [0.15, 0.2) is 64.9 Å². The van der Waals surface area contributed by atoms with Gasteiger partial charge in [-0.25, -0.2) is 0 Å². The zero-order chi connectivity index (χ0) is 11.2. The summed E-state index contributed by atoms with van der Waals surface area (Å²) in [7, 11) is 0. The lowest BCUT2D eigenvalue weighted by Gasteiger charge is -1.96. The molecule has 0 aliphatic rings. The fourth-order valence-electron chi connectivity index (χ4n) is 1.37. The van der Waals surface area contributed by atoms with Crippen LogP contribution in [0.1, 0.15) is 11.1 Å². The van der Waals surface area contributed by atoms with E-state index in [1.165, 1.54) is 16.0 Å². The Morgan fingerprint density at radius 3 is 2.25 bits per heavy atom. The minimum Gasteiger partial charge on any atom is -0.0981 e. The summed E-state index contributed by atoms with van der Waals surface area (Å²) in [5.41, 5.74) is 2.54. The van der Waals surface area contributed by atoms with E-state index in [0.717, 1.165) is 0 Å². The average molecular weight is 226 g/mol. The van der Waals surface area contributed by atoms with Gasteiger partial charge in [-0.15, -0.1) is 0 Å². The third-order valence-electron chi connectivity index (χ3n) is 2.29. The fraction of sp³-hybridized carbons (Fsp3) is 0.0667. The number of hydrogen-bond acceptors (Lipinski definition) is 1. The molecular formula is C15H14S. The first-order valence-corrected chi connectivity index (χ1v) is 6.17. The molecule has 0 bridgehead atoms. The van der Waals surface area contributed by atoms with E-state index < -0.39 is 0 Å². The number of benzene rings is 2. The summed E-state index contributed by atoms with van der Waals surface area (Å²) in [6, 6.07) is 18.9. The number of hydrogen-bond donors (Lipinski definition) is 0. The third kappa shape index (κ3) is 3.28. The van der Waals surface area contributed by atoms with Gasteiger partial charge in [-0.3, -0.25) is 0 Å². The Kier molecular flexibility index (Phi) is 3.84. The fourth-order valence-corrected chi connectivity index (χ4v) is 2.06. The Labute approximate surface area is 101 Å². The molecule has 0 aromatic heterocycles. The number of aryl methyl sites for hydroxylation is 1. The van der Waals surface area contributed by atoms with E-state index in [4.69, 9.17) is 0 Å². The van der Waals surface area contributed by atoms with Crippen LogP contribution in [0, 0.1) is 6.92 Å². The molecule has 0 aliphatic carbocycles. The van der Waals surface area contributed by atoms with Crippen molar-refractivity contribution in [1.29, 1.82) is 0 Å². The Morgan fingerprint density at radius 1 is 0.875 bits per heavy atom. The molecule has 0 heterocycles. The quantitative estimate of drug-likeness (QED) is 0.680. The number of rotatable bonds is 3. The van der Waals surface area contributed by atoms with Gasteiger partial charge in [-0.05, 0) is 36.1 Å². The van der Waals surface area contributed by atoms with Crippen molar-refractivity contribution in [3.05, 3.63) is 71.1 Å². The van der Waals surface area contributed by atoms with Crippen LogP contribution in [0.25, 0.3) is 6.08 Å². The van der Waals surface area contributed by atoms with Crippen LogP contribution in [0.3, 0.4) is 0 Å². The zero-order valence-corrected chi connectivity index (χ0v) is 10.1. The van der Waals surface area contributed by atoms with Crippen molar-refractivity contribution in [2.24, 2.45) is 0 Å². The second-order valence-corrected chi connectivity index (χ2v) is 4.62. The second-order valence-electron chi connectivity index (χ2n) is 3.64. The SMILES string of the molecule is Cc1ccc(/C=C\Sc2ccccc2)cc1. The molecule has 0 amide bonds. The highest BCUT2D eigenvalue weighted by Crippen LogP contribution is 2.19. The average Bonchev–Trinajstić information content (AvgIpc) is 2.33. The molecule has 2 rings (SSSR count). The Balaban J connectivity index is 1.98. The van der Waals surface area contributed by atoms with Gasteiger partial charge in [0.15, 0.2) is 0 Å². The van der Waals surface area contributed by atoms with Crippen molar-refractivity contribution in [3.8, 4) is 0 Å². The smallest absolute Gasteiger partial charge is 0.0116 e. The van der Waals surface area contributed by atoms with E-state index in [1.54, 1.807) is 11.8 Å². The van der Waals surface area contributed by atoms with E-state index in [1.807, 2.05) is 6.07 Å². The number of thioether (sulfide) groups is 1. The minimum absolute atomic E-state index is 1.24. The molecule has 0 spiro atoms. The molecule has 0 saturated carbocycles. The molecule has 16 heavy (non-hydrogen) atoms. The Bertz CT molecular complexity index is 455. The zero-order valence-electron chi connectivity index (χ0n) is 9.26. The summed E-state index contributed by atoms with van der Waals surface area (Å²) in [4.78, 5) is 1.27. The van der Waals surface area contributed by atoms with Crippen molar-refractivity contribution in [1.82, 2.24) is 0 Å². The molecule has 0 atom stereocenters. The first kappa shape index (κ1) is 11.0. The predicted octanol–water partition coefficient (Wildman–Crippen LogP) is 4.76. The molecule has 2 aromatic rings. The highest BCUT2D eigenvalue weighted by atomic mass is 32.2. The topological polar surface area (TPSA) is 0 Å².